The van der Waals surface area contributed by atoms with Crippen molar-refractivity contribution >= 4 is 11.9 Å². The van der Waals surface area contributed by atoms with Crippen molar-refractivity contribution in [1.29, 1.82) is 0 Å². The van der Waals surface area contributed by atoms with E-state index in [-0.39, 0.29) is 0 Å². The minimum absolute atomic E-state index is 0.371. The molecule has 3 rings (SSSR count). The van der Waals surface area contributed by atoms with Crippen molar-refractivity contribution in [3.05, 3.63) is 0 Å². The Morgan fingerprint density at radius 2 is 2.05 bits per heavy atom. The Morgan fingerprint density at radius 3 is 2.85 bits per heavy atom. The number of hydrogen-bond acceptors (Lipinski definition) is 7. The number of fused-ring (bicyclic) bond motifs is 1. The van der Waals surface area contributed by atoms with E-state index in [0.717, 1.165) is 6.42 Å². The van der Waals surface area contributed by atoms with E-state index in [1.54, 1.807) is 7.05 Å². The normalized spacial score (nSPS) is 25.5. The van der Waals surface area contributed by atoms with Crippen LogP contribution in [0.5, 0.6) is 6.01 Å². The van der Waals surface area contributed by atoms with Crippen LogP contribution in [-0.2, 0) is 0 Å². The van der Waals surface area contributed by atoms with Crippen molar-refractivity contribution in [3.63, 3.8) is 0 Å². The second-order valence-corrected chi connectivity index (χ2v) is 5.23. The summed E-state index contributed by atoms with van der Waals surface area (Å²) in [6, 6.07) is 1.43. The van der Waals surface area contributed by atoms with Gasteiger partial charge in [0.2, 0.25) is 11.9 Å². The van der Waals surface area contributed by atoms with Crippen molar-refractivity contribution in [2.45, 2.75) is 38.3 Å². The van der Waals surface area contributed by atoms with Crippen LogP contribution in [0.1, 0.15) is 26.2 Å². The highest BCUT2D eigenvalue weighted by Crippen LogP contribution is 2.29. The lowest BCUT2D eigenvalue weighted by Crippen LogP contribution is -2.34. The summed E-state index contributed by atoms with van der Waals surface area (Å²) in [6.45, 7) is 4.87. The first-order valence-electron chi connectivity index (χ1n) is 7.37. The zero-order valence-corrected chi connectivity index (χ0v) is 12.1. The van der Waals surface area contributed by atoms with E-state index in [9.17, 15) is 0 Å². The second kappa shape index (κ2) is 5.78. The number of hydrogen-bond donors (Lipinski definition) is 2. The standard InChI is InChI=1S/C13H22N6O/c1-3-20-13-17-11(14-2)16-12(18-13)15-9-6-8-19-7-4-5-10(9)19/h9-10H,3-8H2,1-2H3,(H2,14,15,16,17,18). The van der Waals surface area contributed by atoms with Gasteiger partial charge in [-0.1, -0.05) is 0 Å². The zero-order chi connectivity index (χ0) is 13.9. The molecule has 2 fully saturated rings. The lowest BCUT2D eigenvalue weighted by atomic mass is 10.1. The fourth-order valence-corrected chi connectivity index (χ4v) is 3.14. The Hall–Kier alpha value is -1.63. The molecule has 0 amide bonds. The monoisotopic (exact) mass is 278 g/mol. The Bertz CT molecular complexity index is 468. The lowest BCUT2D eigenvalue weighted by molar-refractivity contribution is 0.311. The third kappa shape index (κ3) is 2.63. The van der Waals surface area contributed by atoms with E-state index in [1.807, 2.05) is 6.92 Å². The van der Waals surface area contributed by atoms with Crippen LogP contribution < -0.4 is 15.4 Å². The maximum atomic E-state index is 5.39. The summed E-state index contributed by atoms with van der Waals surface area (Å²) in [5, 5.41) is 6.41. The van der Waals surface area contributed by atoms with Gasteiger partial charge in [0, 0.05) is 25.7 Å². The van der Waals surface area contributed by atoms with Gasteiger partial charge in [-0.15, -0.1) is 0 Å². The summed E-state index contributed by atoms with van der Waals surface area (Å²) in [6.07, 6.45) is 3.71. The fourth-order valence-electron chi connectivity index (χ4n) is 3.14. The maximum Gasteiger partial charge on any atom is 0.323 e. The fraction of sp³-hybridized carbons (Fsp3) is 0.769. The summed E-state index contributed by atoms with van der Waals surface area (Å²) >= 11 is 0. The smallest absolute Gasteiger partial charge is 0.323 e. The molecule has 2 atom stereocenters. The third-order valence-electron chi connectivity index (χ3n) is 4.03. The van der Waals surface area contributed by atoms with Gasteiger partial charge in [0.15, 0.2) is 0 Å². The van der Waals surface area contributed by atoms with Gasteiger partial charge in [0.1, 0.15) is 0 Å². The molecule has 0 spiro atoms. The van der Waals surface area contributed by atoms with Gasteiger partial charge in [-0.2, -0.15) is 15.0 Å². The second-order valence-electron chi connectivity index (χ2n) is 5.23. The van der Waals surface area contributed by atoms with E-state index in [2.05, 4.69) is 30.5 Å². The van der Waals surface area contributed by atoms with Gasteiger partial charge in [0.05, 0.1) is 6.61 Å². The molecule has 0 aliphatic carbocycles. The number of nitrogens with one attached hydrogen (secondary N) is 2. The van der Waals surface area contributed by atoms with E-state index < -0.39 is 0 Å². The van der Waals surface area contributed by atoms with Crippen LogP contribution in [0.15, 0.2) is 0 Å². The highest BCUT2D eigenvalue weighted by Gasteiger charge is 2.37. The molecule has 0 aromatic carbocycles. The Labute approximate surface area is 119 Å². The SMILES string of the molecule is CCOc1nc(NC)nc(NC2CCN3CCCC23)n1. The van der Waals surface area contributed by atoms with Crippen LogP contribution in [0.2, 0.25) is 0 Å². The van der Waals surface area contributed by atoms with Gasteiger partial charge >= 0.3 is 6.01 Å². The molecule has 2 unspecified atom stereocenters. The Kier molecular flexibility index (Phi) is 3.86. The zero-order valence-electron chi connectivity index (χ0n) is 12.1. The van der Waals surface area contributed by atoms with Crippen LogP contribution in [0.4, 0.5) is 11.9 Å². The van der Waals surface area contributed by atoms with Gasteiger partial charge < -0.3 is 15.4 Å². The van der Waals surface area contributed by atoms with Crippen LogP contribution in [-0.4, -0.2) is 58.7 Å². The highest BCUT2D eigenvalue weighted by molar-refractivity contribution is 5.37. The van der Waals surface area contributed by atoms with Crippen molar-refractivity contribution < 1.29 is 4.74 Å². The summed E-state index contributed by atoms with van der Waals surface area (Å²) in [7, 11) is 1.79. The minimum atomic E-state index is 0.371. The average molecular weight is 278 g/mol. The van der Waals surface area contributed by atoms with E-state index in [1.165, 1.54) is 25.9 Å². The molecule has 20 heavy (non-hydrogen) atoms. The Morgan fingerprint density at radius 1 is 1.20 bits per heavy atom. The maximum absolute atomic E-state index is 5.39. The predicted octanol–water partition coefficient (Wildman–Crippen LogP) is 0.961. The van der Waals surface area contributed by atoms with Gasteiger partial charge in [-0.05, 0) is 32.7 Å². The van der Waals surface area contributed by atoms with E-state index in [0.29, 0.717) is 36.6 Å². The number of nitrogens with zero attached hydrogens (tertiary/aromatic N) is 4. The van der Waals surface area contributed by atoms with Crippen LogP contribution in [0.3, 0.4) is 0 Å². The minimum Gasteiger partial charge on any atom is -0.464 e. The molecule has 2 aliphatic heterocycles. The number of ether oxygens (including phenoxy) is 1. The summed E-state index contributed by atoms with van der Waals surface area (Å²) in [5.41, 5.74) is 0. The van der Waals surface area contributed by atoms with Crippen LogP contribution in [0.25, 0.3) is 0 Å². The van der Waals surface area contributed by atoms with Crippen molar-refractivity contribution in [2.24, 2.45) is 0 Å². The number of rotatable bonds is 5. The average Bonchev–Trinajstić information content (AvgIpc) is 3.04. The molecule has 2 saturated heterocycles. The Balaban J connectivity index is 1.74. The molecule has 7 nitrogen and oxygen atoms in total. The third-order valence-corrected chi connectivity index (χ3v) is 4.03. The predicted molar refractivity (Wildman–Crippen MR) is 77.2 cm³/mol. The molecular weight excluding hydrogens is 256 g/mol. The molecule has 2 N–H and O–H groups in total. The molecule has 110 valence electrons. The molecule has 3 heterocycles. The number of aromatic nitrogens is 3. The van der Waals surface area contributed by atoms with Gasteiger partial charge in [0.25, 0.3) is 0 Å². The first-order valence-corrected chi connectivity index (χ1v) is 7.37. The molecule has 0 bridgehead atoms. The summed E-state index contributed by atoms with van der Waals surface area (Å²) < 4.78 is 5.39. The van der Waals surface area contributed by atoms with Crippen molar-refractivity contribution in [3.8, 4) is 6.01 Å². The largest absolute Gasteiger partial charge is 0.464 e. The summed E-state index contributed by atoms with van der Waals surface area (Å²) in [4.78, 5) is 15.4. The highest BCUT2D eigenvalue weighted by atomic mass is 16.5. The summed E-state index contributed by atoms with van der Waals surface area (Å²) in [5.74, 6) is 1.14. The van der Waals surface area contributed by atoms with Crippen LogP contribution >= 0.6 is 0 Å². The molecule has 2 aliphatic rings. The quantitative estimate of drug-likeness (QED) is 0.831. The molecule has 7 heteroatoms. The lowest BCUT2D eigenvalue weighted by Gasteiger charge is -2.21. The molecule has 1 aromatic rings. The first kappa shape index (κ1) is 13.4. The molecule has 0 radical (unpaired) electrons. The molecule has 1 aromatic heterocycles. The van der Waals surface area contributed by atoms with Gasteiger partial charge in [-0.3, -0.25) is 4.90 Å². The van der Waals surface area contributed by atoms with Gasteiger partial charge in [-0.25, -0.2) is 0 Å². The van der Waals surface area contributed by atoms with Crippen LogP contribution in [0, 0.1) is 0 Å². The topological polar surface area (TPSA) is 75.2 Å². The van der Waals surface area contributed by atoms with Crippen molar-refractivity contribution in [2.75, 3.05) is 37.4 Å². The molecule has 0 saturated carbocycles. The first-order chi connectivity index (χ1) is 9.80. The van der Waals surface area contributed by atoms with E-state index >= 15 is 0 Å². The number of anilines is 2. The van der Waals surface area contributed by atoms with Crippen molar-refractivity contribution in [1.82, 2.24) is 19.9 Å². The van der Waals surface area contributed by atoms with E-state index in [4.69, 9.17) is 4.74 Å². The molecular formula is C13H22N6O.